The molecule has 0 amide bonds. The van der Waals surface area contributed by atoms with Crippen molar-refractivity contribution in [2.45, 2.75) is 27.2 Å². The number of rotatable bonds is 6. The average Bonchev–Trinajstić information content (AvgIpc) is 2.29. The minimum atomic E-state index is -3.57. The number of carbonyl (C=O) groups is 1. The Morgan fingerprint density at radius 2 is 2.00 bits per heavy atom. The molecule has 2 N–H and O–H groups in total. The van der Waals surface area contributed by atoms with Gasteiger partial charge in [0, 0.05) is 12.1 Å². The maximum Gasteiger partial charge on any atom is 0.299 e. The highest BCUT2D eigenvalue weighted by Crippen LogP contribution is 2.18. The number of hydrogen-bond donors (Lipinski definition) is 2. The van der Waals surface area contributed by atoms with Crippen molar-refractivity contribution in [1.29, 1.82) is 0 Å². The molecule has 6 heteroatoms. The van der Waals surface area contributed by atoms with E-state index in [1.165, 1.54) is 6.92 Å². The lowest BCUT2D eigenvalue weighted by Gasteiger charge is -2.11. The topological polar surface area (TPSA) is 75.3 Å². The normalized spacial score (nSPS) is 11.3. The summed E-state index contributed by atoms with van der Waals surface area (Å²) < 4.78 is 28.2. The Hall–Kier alpha value is -1.40. The fourth-order valence-corrected chi connectivity index (χ4v) is 2.42. The summed E-state index contributed by atoms with van der Waals surface area (Å²) in [5.41, 5.74) is 1.67. The van der Waals surface area contributed by atoms with Gasteiger partial charge >= 0.3 is 0 Å². The standard InChI is InChI=1S/C12H18N2O3S/c1-4-7-13-18(16,17)14-12-8-11(10(3)15)6-5-9(12)2/h5-6,8,13-14H,4,7H2,1-3H3. The highest BCUT2D eigenvalue weighted by atomic mass is 32.2. The van der Waals surface area contributed by atoms with E-state index in [0.29, 0.717) is 24.2 Å². The van der Waals surface area contributed by atoms with Gasteiger partial charge in [-0.1, -0.05) is 19.1 Å². The predicted octanol–water partition coefficient (Wildman–Crippen LogP) is 1.85. The van der Waals surface area contributed by atoms with Gasteiger partial charge in [-0.05, 0) is 31.9 Å². The lowest BCUT2D eigenvalue weighted by molar-refractivity contribution is 0.101. The van der Waals surface area contributed by atoms with E-state index < -0.39 is 10.2 Å². The van der Waals surface area contributed by atoms with Crippen LogP contribution >= 0.6 is 0 Å². The van der Waals surface area contributed by atoms with Crippen LogP contribution in [0, 0.1) is 6.92 Å². The maximum atomic E-state index is 11.7. The molecular weight excluding hydrogens is 252 g/mol. The molecule has 1 aromatic rings. The molecule has 0 heterocycles. The Bertz CT molecular complexity index is 538. The molecule has 0 fully saturated rings. The Kier molecular flexibility index (Phi) is 4.86. The van der Waals surface area contributed by atoms with Crippen LogP contribution in [0.5, 0.6) is 0 Å². The van der Waals surface area contributed by atoms with Gasteiger partial charge in [-0.2, -0.15) is 13.1 Å². The third kappa shape index (κ3) is 4.12. The molecule has 0 radical (unpaired) electrons. The second kappa shape index (κ2) is 5.97. The summed E-state index contributed by atoms with van der Waals surface area (Å²) in [4.78, 5) is 11.3. The molecule has 0 spiro atoms. The molecule has 0 aliphatic carbocycles. The van der Waals surface area contributed by atoms with Gasteiger partial charge in [0.25, 0.3) is 10.2 Å². The molecule has 0 saturated heterocycles. The predicted molar refractivity (Wildman–Crippen MR) is 72.0 cm³/mol. The number of Topliss-reactive ketones (excluding diaryl/α,β-unsaturated/α-hetero) is 1. The smallest absolute Gasteiger partial charge is 0.295 e. The van der Waals surface area contributed by atoms with Crippen LogP contribution < -0.4 is 9.44 Å². The van der Waals surface area contributed by atoms with Gasteiger partial charge in [0.15, 0.2) is 5.78 Å². The molecular formula is C12H18N2O3S. The fraction of sp³-hybridized carbons (Fsp3) is 0.417. The van der Waals surface area contributed by atoms with Crippen molar-refractivity contribution in [2.24, 2.45) is 0 Å². The van der Waals surface area contributed by atoms with Crippen LogP contribution in [0.4, 0.5) is 5.69 Å². The lowest BCUT2D eigenvalue weighted by Crippen LogP contribution is -2.31. The molecule has 0 atom stereocenters. The number of anilines is 1. The van der Waals surface area contributed by atoms with E-state index in [1.807, 2.05) is 6.92 Å². The molecule has 0 saturated carbocycles. The first-order valence-electron chi connectivity index (χ1n) is 5.74. The van der Waals surface area contributed by atoms with Gasteiger partial charge in [-0.3, -0.25) is 9.52 Å². The second-order valence-electron chi connectivity index (χ2n) is 4.09. The van der Waals surface area contributed by atoms with E-state index in [1.54, 1.807) is 25.1 Å². The molecule has 1 aromatic carbocycles. The summed E-state index contributed by atoms with van der Waals surface area (Å²) in [5, 5.41) is 0. The van der Waals surface area contributed by atoms with Crippen LogP contribution in [0.1, 0.15) is 36.2 Å². The summed E-state index contributed by atoms with van der Waals surface area (Å²) in [7, 11) is -3.57. The number of aryl methyl sites for hydroxylation is 1. The van der Waals surface area contributed by atoms with E-state index in [2.05, 4.69) is 9.44 Å². The van der Waals surface area contributed by atoms with Crippen LogP contribution in [0.15, 0.2) is 18.2 Å². The molecule has 100 valence electrons. The number of nitrogens with one attached hydrogen (secondary N) is 2. The summed E-state index contributed by atoms with van der Waals surface area (Å²) in [6.45, 7) is 5.48. The van der Waals surface area contributed by atoms with Crippen LogP contribution in [-0.4, -0.2) is 20.7 Å². The Balaban J connectivity index is 2.96. The molecule has 0 aliphatic heterocycles. The number of hydrogen-bond acceptors (Lipinski definition) is 3. The zero-order chi connectivity index (χ0) is 13.8. The van der Waals surface area contributed by atoms with Crippen molar-refractivity contribution in [3.05, 3.63) is 29.3 Å². The summed E-state index contributed by atoms with van der Waals surface area (Å²) >= 11 is 0. The number of carbonyl (C=O) groups excluding carboxylic acids is 1. The van der Waals surface area contributed by atoms with Gasteiger partial charge in [0.2, 0.25) is 0 Å². The summed E-state index contributed by atoms with van der Waals surface area (Å²) in [5.74, 6) is -0.100. The molecule has 5 nitrogen and oxygen atoms in total. The van der Waals surface area contributed by atoms with Crippen molar-refractivity contribution in [2.75, 3.05) is 11.3 Å². The zero-order valence-electron chi connectivity index (χ0n) is 10.8. The van der Waals surface area contributed by atoms with Crippen molar-refractivity contribution in [3.63, 3.8) is 0 Å². The molecule has 0 unspecified atom stereocenters. The Morgan fingerprint density at radius 3 is 2.56 bits per heavy atom. The van der Waals surface area contributed by atoms with Crippen LogP contribution in [-0.2, 0) is 10.2 Å². The van der Waals surface area contributed by atoms with Crippen molar-refractivity contribution in [1.82, 2.24) is 4.72 Å². The molecule has 18 heavy (non-hydrogen) atoms. The lowest BCUT2D eigenvalue weighted by atomic mass is 10.1. The first kappa shape index (κ1) is 14.7. The maximum absolute atomic E-state index is 11.7. The highest BCUT2D eigenvalue weighted by molar-refractivity contribution is 7.90. The van der Waals surface area contributed by atoms with Gasteiger partial charge < -0.3 is 0 Å². The summed E-state index contributed by atoms with van der Waals surface area (Å²) in [6.07, 6.45) is 0.716. The fourth-order valence-electron chi connectivity index (χ4n) is 1.37. The monoisotopic (exact) mass is 270 g/mol. The van der Waals surface area contributed by atoms with E-state index in [9.17, 15) is 13.2 Å². The first-order valence-corrected chi connectivity index (χ1v) is 7.23. The van der Waals surface area contributed by atoms with Crippen LogP contribution in [0.3, 0.4) is 0 Å². The van der Waals surface area contributed by atoms with Gasteiger partial charge in [0.05, 0.1) is 5.69 Å². The van der Waals surface area contributed by atoms with Gasteiger partial charge in [-0.15, -0.1) is 0 Å². The molecule has 1 rings (SSSR count). The van der Waals surface area contributed by atoms with Crippen LogP contribution in [0.2, 0.25) is 0 Å². The number of benzene rings is 1. The van der Waals surface area contributed by atoms with E-state index in [4.69, 9.17) is 0 Å². The minimum Gasteiger partial charge on any atom is -0.295 e. The van der Waals surface area contributed by atoms with E-state index >= 15 is 0 Å². The van der Waals surface area contributed by atoms with Crippen molar-refractivity contribution in [3.8, 4) is 0 Å². The third-order valence-corrected chi connectivity index (χ3v) is 3.50. The molecule has 0 aromatic heterocycles. The van der Waals surface area contributed by atoms with Gasteiger partial charge in [-0.25, -0.2) is 0 Å². The highest BCUT2D eigenvalue weighted by Gasteiger charge is 2.11. The largest absolute Gasteiger partial charge is 0.299 e. The number of ketones is 1. The van der Waals surface area contributed by atoms with Crippen molar-refractivity contribution >= 4 is 21.7 Å². The first-order chi connectivity index (χ1) is 8.35. The molecule has 0 bridgehead atoms. The summed E-state index contributed by atoms with van der Waals surface area (Å²) in [6, 6.07) is 4.94. The zero-order valence-corrected chi connectivity index (χ0v) is 11.6. The van der Waals surface area contributed by atoms with E-state index in [0.717, 1.165) is 5.56 Å². The van der Waals surface area contributed by atoms with Gasteiger partial charge in [0.1, 0.15) is 0 Å². The second-order valence-corrected chi connectivity index (χ2v) is 5.59. The molecule has 0 aliphatic rings. The quantitative estimate of drug-likeness (QED) is 0.775. The van der Waals surface area contributed by atoms with Crippen LogP contribution in [0.25, 0.3) is 0 Å². The van der Waals surface area contributed by atoms with Crippen molar-refractivity contribution < 1.29 is 13.2 Å². The SMILES string of the molecule is CCCNS(=O)(=O)Nc1cc(C(C)=O)ccc1C. The third-order valence-electron chi connectivity index (χ3n) is 2.43. The Morgan fingerprint density at radius 1 is 1.33 bits per heavy atom. The van der Waals surface area contributed by atoms with E-state index in [-0.39, 0.29) is 5.78 Å². The minimum absolute atomic E-state index is 0.100. The Labute approximate surface area is 108 Å². The average molecular weight is 270 g/mol.